The topological polar surface area (TPSA) is 885 Å². The van der Waals surface area contributed by atoms with Crippen molar-refractivity contribution in [1.29, 1.82) is 27.0 Å². The van der Waals surface area contributed by atoms with Gasteiger partial charge in [-0.15, -0.1) is 0 Å². The summed E-state index contributed by atoms with van der Waals surface area (Å²) < 4.78 is 0. The number of nitrogens with one attached hydrogen (secondary N) is 25. The van der Waals surface area contributed by atoms with E-state index in [1.54, 1.807) is 42.5 Å². The number of phenolic OH excluding ortho intramolecular Hbond substituents is 2. The molecule has 15 atom stereocenters. The first kappa shape index (κ1) is 121. The Balaban J connectivity index is 1.59. The smallest absolute Gasteiger partial charge is 0.326 e. The highest BCUT2D eigenvalue weighted by Gasteiger charge is 2.39. The Morgan fingerprint density at radius 2 is 0.803 bits per heavy atom. The number of carboxylic acid groups (broad SMARTS) is 1. The first-order chi connectivity index (χ1) is 70.2. The summed E-state index contributed by atoms with van der Waals surface area (Å²) in [7, 11) is 1.49. The van der Waals surface area contributed by atoms with Crippen molar-refractivity contribution in [3.8, 4) is 11.5 Å². The normalized spacial score (nSPS) is 20.1. The molecule has 15 amide bonds. The minimum absolute atomic E-state index is 0.00124. The summed E-state index contributed by atoms with van der Waals surface area (Å²) in [4.78, 5) is 223. The van der Waals surface area contributed by atoms with Gasteiger partial charge >= 0.3 is 12.0 Å². The highest BCUT2D eigenvalue weighted by molar-refractivity contribution is 8.76. The van der Waals surface area contributed by atoms with E-state index in [4.69, 9.17) is 72.9 Å². The van der Waals surface area contributed by atoms with Crippen molar-refractivity contribution in [3.63, 3.8) is 0 Å². The molecular formula is C94H147N33O18S2. The minimum Gasteiger partial charge on any atom is -0.508 e. The lowest BCUT2D eigenvalue weighted by atomic mass is 10.00. The molecule has 44 N–H and O–H groups in total. The highest BCUT2D eigenvalue weighted by atomic mass is 33.1. The van der Waals surface area contributed by atoms with Crippen molar-refractivity contribution in [3.05, 3.63) is 120 Å². The molecule has 4 aromatic carbocycles. The van der Waals surface area contributed by atoms with Gasteiger partial charge in [-0.3, -0.25) is 89.4 Å². The van der Waals surface area contributed by atoms with Gasteiger partial charge in [0.1, 0.15) is 84.0 Å². The third-order valence-electron chi connectivity index (χ3n) is 23.7. The van der Waals surface area contributed by atoms with Crippen LogP contribution in [0.15, 0.2) is 103 Å². The molecule has 2 aliphatic heterocycles. The van der Waals surface area contributed by atoms with Crippen molar-refractivity contribution >= 4 is 151 Å². The maximum atomic E-state index is 16.2. The molecule has 4 aromatic rings. The predicted molar refractivity (Wildman–Crippen MR) is 557 cm³/mol. The molecule has 0 radical (unpaired) electrons. The van der Waals surface area contributed by atoms with E-state index in [2.05, 4.69) is 106 Å². The van der Waals surface area contributed by atoms with E-state index in [-0.39, 0.29) is 172 Å². The van der Waals surface area contributed by atoms with Crippen molar-refractivity contribution in [2.24, 2.45) is 51.8 Å². The number of benzene rings is 4. The van der Waals surface area contributed by atoms with Gasteiger partial charge in [-0.1, -0.05) is 107 Å². The molecule has 147 heavy (non-hydrogen) atoms. The molecule has 53 heteroatoms. The van der Waals surface area contributed by atoms with Crippen molar-refractivity contribution in [2.45, 2.75) is 239 Å². The zero-order valence-electron chi connectivity index (χ0n) is 82.4. The lowest BCUT2D eigenvalue weighted by molar-refractivity contribution is -0.142. The van der Waals surface area contributed by atoms with Crippen LogP contribution >= 0.6 is 21.6 Å². The number of nitrogens with two attached hydrogens (primary N) is 8. The largest absolute Gasteiger partial charge is 0.508 e. The zero-order chi connectivity index (χ0) is 108. The number of carboxylic acids is 1. The van der Waals surface area contributed by atoms with E-state index >= 15 is 43.2 Å². The molecule has 0 spiro atoms. The summed E-state index contributed by atoms with van der Waals surface area (Å²) in [6, 6.07) is 1.32. The molecule has 1 fully saturated rings. The standard InChI is InChI=1S/C94H147N33O18S2/c1-53-26-33-59(17-4-6-38-95)115-77(132)63(18-5-7-39-96)117-79(134)65(21-10-42-110-90(99)100)121-84(139)71(49-55-30-36-61(129)37-31-55)125-87(142)74(52-147-146-51-73(86(141)122-69(88(143)144)25-14-45-113-93(105)106)126-82(137)68(24-13-46-114-94(107)145)119-78(133)64(116-75(53)130)20-9-41-109-89(97)98)127-85(140)72(50-56-27-32-57-15-2-3-16-58(57)47-56)124-81(136)67(23-12-44-112-92(103)104)118-80(135)66(22-11-43-111-91(101)102)120-83(138)70(48-54-28-34-60(128)35-29-54)123-76(131)62-19-8-40-108-62/h2-3,15-16,26-37,47,53,59,62-74,108,128-129H,4-14,17-25,38-46,48-52,95-96H2,1H3,(H,115,132)(H,116,130)(H,117,134)(H,118,135)(H,119,133)(H,120,138)(H,121,139)(H,122,141)(H,123,131)(H,124,136)(H,125,142)(H,126,137)(H,127,140)(H,143,144)(H4,97,98,109)(H4,99,100,110)(H4,101,102,111)(H4,103,104,112)(H4,105,106,113)(H3,107,114,145)/b33-26+/t53-,59-,62+,63?,64+,65+,66+,67+,68?,69+,70+,71?,72+,73+,74?/m1/s1. The maximum absolute atomic E-state index is 16.2. The Morgan fingerprint density at radius 1 is 0.401 bits per heavy atom. The Morgan fingerprint density at radius 3 is 1.30 bits per heavy atom. The van der Waals surface area contributed by atoms with E-state index in [1.807, 2.05) is 6.07 Å². The fourth-order valence-electron chi connectivity index (χ4n) is 15.7. The van der Waals surface area contributed by atoms with Gasteiger partial charge in [0.15, 0.2) is 29.8 Å². The van der Waals surface area contributed by atoms with E-state index in [0.717, 1.165) is 27.0 Å². The molecule has 0 bridgehead atoms. The van der Waals surface area contributed by atoms with Crippen LogP contribution in [0, 0.1) is 33.0 Å². The fraction of sp³-hybridized carbons (Fsp3) is 0.532. The number of amides is 15. The van der Waals surface area contributed by atoms with E-state index in [1.165, 1.54) is 61.5 Å². The van der Waals surface area contributed by atoms with Gasteiger partial charge < -0.3 is 168 Å². The lowest BCUT2D eigenvalue weighted by Gasteiger charge is -2.29. The number of aromatic hydroxyl groups is 2. The number of carbonyl (C=O) groups is 15. The van der Waals surface area contributed by atoms with Crippen LogP contribution in [-0.4, -0.2) is 289 Å². The molecule has 808 valence electrons. The number of phenols is 2. The predicted octanol–water partition coefficient (Wildman–Crippen LogP) is -4.97. The van der Waals surface area contributed by atoms with Crippen LogP contribution in [0.25, 0.3) is 10.8 Å². The van der Waals surface area contributed by atoms with Gasteiger partial charge in [0.2, 0.25) is 76.8 Å². The monoisotopic (exact) mass is 2090 g/mol. The average Bonchev–Trinajstić information content (AvgIpc) is 1.18. The van der Waals surface area contributed by atoms with Gasteiger partial charge in [-0.25, -0.2) is 9.59 Å². The number of aliphatic carboxylic acids is 1. The van der Waals surface area contributed by atoms with Gasteiger partial charge in [0.05, 0.1) is 12.0 Å². The molecule has 51 nitrogen and oxygen atoms in total. The molecule has 0 aromatic heterocycles. The zero-order valence-corrected chi connectivity index (χ0v) is 84.1. The third-order valence-corrected chi connectivity index (χ3v) is 26.1. The molecule has 1 saturated heterocycles. The third kappa shape index (κ3) is 46.9. The summed E-state index contributed by atoms with van der Waals surface area (Å²) in [6.07, 6.45) is 3.35. The van der Waals surface area contributed by atoms with Crippen molar-refractivity contribution in [1.82, 2.24) is 106 Å². The number of rotatable bonds is 51. The highest BCUT2D eigenvalue weighted by Crippen LogP contribution is 2.26. The molecule has 4 unspecified atom stereocenters. The molecular weight excluding hydrogens is 1940 g/mol. The van der Waals surface area contributed by atoms with Crippen LogP contribution in [0.1, 0.15) is 152 Å². The van der Waals surface area contributed by atoms with Crippen molar-refractivity contribution < 1.29 is 87.2 Å². The second-order valence-corrected chi connectivity index (χ2v) is 38.2. The van der Waals surface area contributed by atoms with Crippen LogP contribution in [0.2, 0.25) is 0 Å². The van der Waals surface area contributed by atoms with Crippen LogP contribution in [-0.2, 0) is 86.4 Å². The van der Waals surface area contributed by atoms with Gasteiger partial charge in [-0.2, -0.15) is 0 Å². The first-order valence-electron chi connectivity index (χ1n) is 48.9. The number of carbonyl (C=O) groups excluding carboxylic acids is 14. The molecule has 2 heterocycles. The number of guanidine groups is 5. The molecule has 0 aliphatic carbocycles. The van der Waals surface area contributed by atoms with Crippen LogP contribution in [0.4, 0.5) is 4.79 Å². The van der Waals surface area contributed by atoms with Gasteiger partial charge in [0.25, 0.3) is 0 Å². The number of hydrogen-bond donors (Lipinski definition) is 36. The summed E-state index contributed by atoms with van der Waals surface area (Å²) in [5.74, 6) is -18.7. The van der Waals surface area contributed by atoms with Crippen LogP contribution in [0.5, 0.6) is 11.5 Å². The second-order valence-electron chi connectivity index (χ2n) is 35.6. The van der Waals surface area contributed by atoms with Gasteiger partial charge in [0, 0.05) is 76.1 Å². The number of hydrogen-bond acceptors (Lipinski definition) is 27. The summed E-state index contributed by atoms with van der Waals surface area (Å²) in [5.41, 5.74) is 46.7. The van der Waals surface area contributed by atoms with E-state index < -0.39 is 233 Å². The number of urea groups is 1. The van der Waals surface area contributed by atoms with Gasteiger partial charge in [-0.05, 0) is 200 Å². The SMILES string of the molecule is C[C@@H]1/C=C/[C@@H](CCCCN)NC(=O)C(CCCCN)NC(=O)[C@H](CCCNC(=N)N)NC(=O)C(Cc2ccc(O)cc2)NC(=O)C(NC(=O)[C@H](Cc2ccc3ccccc3c2)NC(=O)[C@H](CCCNC(=N)N)NC(=O)[C@H](CCCNC(=N)N)NC(=O)[C@H](Cc2ccc(O)cc2)NC(=O)[C@@H]2CCCN2)CSSC[C@@H](C(=O)N[C@@H](CCCNC(=N)N)C(=O)O)NC(=O)C(CCCNC(N)=O)NC(=O)[C@H](CCCNC(=N)N)NC1=O. The quantitative estimate of drug-likeness (QED) is 0.00647. The van der Waals surface area contributed by atoms with E-state index in [9.17, 15) is 44.1 Å². The Labute approximate surface area is 859 Å². The Kier molecular flexibility index (Phi) is 54.0. The summed E-state index contributed by atoms with van der Waals surface area (Å²) in [5, 5.41) is 126. The fourth-order valence-corrected chi connectivity index (χ4v) is 18.0. The second kappa shape index (κ2) is 65.6. The average molecular weight is 2090 g/mol. The number of fused-ring (bicyclic) bond motifs is 1. The van der Waals surface area contributed by atoms with E-state index in [0.29, 0.717) is 55.2 Å². The number of primary amides is 1. The summed E-state index contributed by atoms with van der Waals surface area (Å²) in [6.45, 7) is 2.11. The molecule has 6 rings (SSSR count). The molecule has 0 saturated carbocycles. The first-order valence-corrected chi connectivity index (χ1v) is 51.4. The summed E-state index contributed by atoms with van der Waals surface area (Å²) >= 11 is 0. The Bertz CT molecular complexity index is 5100. The van der Waals surface area contributed by atoms with Crippen LogP contribution < -0.4 is 152 Å². The minimum atomic E-state index is -1.92. The lowest BCUT2D eigenvalue weighted by Crippen LogP contribution is -2.61. The van der Waals surface area contributed by atoms with Crippen molar-refractivity contribution in [2.75, 3.05) is 70.4 Å². The Hall–Kier alpha value is -14.7. The number of unbranched alkanes of at least 4 members (excludes halogenated alkanes) is 2. The molecule has 2 aliphatic rings. The maximum Gasteiger partial charge on any atom is 0.326 e. The van der Waals surface area contributed by atoms with Crippen LogP contribution in [0.3, 0.4) is 0 Å².